The van der Waals surface area contributed by atoms with Gasteiger partial charge in [0.05, 0.1) is 30.4 Å². The zero-order chi connectivity index (χ0) is 19.6. The lowest BCUT2D eigenvalue weighted by atomic mass is 10.1. The Morgan fingerprint density at radius 2 is 1.96 bits per heavy atom. The van der Waals surface area contributed by atoms with Crippen LogP contribution in [0.5, 0.6) is 5.75 Å². The molecule has 3 rings (SSSR count). The predicted molar refractivity (Wildman–Crippen MR) is 107 cm³/mol. The van der Waals surface area contributed by atoms with Gasteiger partial charge in [0.1, 0.15) is 5.75 Å². The van der Waals surface area contributed by atoms with Gasteiger partial charge in [0.15, 0.2) is 9.84 Å². The number of hydrogen-bond acceptors (Lipinski definition) is 5. The van der Waals surface area contributed by atoms with Crippen molar-refractivity contribution in [1.29, 1.82) is 0 Å². The van der Waals surface area contributed by atoms with Crippen LogP contribution in [0.4, 0.5) is 0 Å². The van der Waals surface area contributed by atoms with Crippen molar-refractivity contribution in [2.45, 2.75) is 39.3 Å². The number of rotatable bonds is 7. The molecule has 1 aromatic carbocycles. The minimum absolute atomic E-state index is 0.0212. The normalized spacial score (nSPS) is 18.9. The molecule has 0 radical (unpaired) electrons. The molecule has 148 valence electrons. The first kappa shape index (κ1) is 19.9. The molecule has 0 spiro atoms. The standard InChI is InChI=1S/C20H29N3O3S/c1-15-20(16(2)23(21-15)18-10-12-27(24,25)14-18)13-22(3)11-9-17-5-7-19(26-4)8-6-17/h5-8,18H,9-14H2,1-4H3/t18-/m0/s1. The van der Waals surface area contributed by atoms with Gasteiger partial charge in [-0.25, -0.2) is 8.42 Å². The van der Waals surface area contributed by atoms with Crippen molar-refractivity contribution in [3.63, 3.8) is 0 Å². The fourth-order valence-corrected chi connectivity index (χ4v) is 5.40. The van der Waals surface area contributed by atoms with E-state index in [9.17, 15) is 8.42 Å². The molecule has 0 aliphatic carbocycles. The van der Waals surface area contributed by atoms with Crippen molar-refractivity contribution in [2.75, 3.05) is 32.2 Å². The Morgan fingerprint density at radius 1 is 1.26 bits per heavy atom. The number of methoxy groups -OCH3 is 1. The van der Waals surface area contributed by atoms with E-state index in [1.807, 2.05) is 23.7 Å². The summed E-state index contributed by atoms with van der Waals surface area (Å²) in [6.45, 7) is 5.82. The van der Waals surface area contributed by atoms with Gasteiger partial charge in [-0.2, -0.15) is 5.10 Å². The summed E-state index contributed by atoms with van der Waals surface area (Å²) < 4.78 is 30.7. The molecule has 2 heterocycles. The van der Waals surface area contributed by atoms with E-state index in [0.717, 1.165) is 36.6 Å². The smallest absolute Gasteiger partial charge is 0.152 e. The molecule has 0 saturated carbocycles. The summed E-state index contributed by atoms with van der Waals surface area (Å²) in [5.41, 5.74) is 4.57. The van der Waals surface area contributed by atoms with Crippen molar-refractivity contribution >= 4 is 9.84 Å². The van der Waals surface area contributed by atoms with Crippen LogP contribution in [0, 0.1) is 13.8 Å². The number of aryl methyl sites for hydroxylation is 1. The number of nitrogens with zero attached hydrogens (tertiary/aromatic N) is 3. The number of benzene rings is 1. The average Bonchev–Trinajstić information content (AvgIpc) is 3.14. The molecule has 1 aliphatic heterocycles. The second kappa shape index (κ2) is 8.02. The number of sulfone groups is 1. The van der Waals surface area contributed by atoms with Crippen molar-refractivity contribution in [1.82, 2.24) is 14.7 Å². The Bertz CT molecular complexity index is 888. The summed E-state index contributed by atoms with van der Waals surface area (Å²) >= 11 is 0. The quantitative estimate of drug-likeness (QED) is 0.726. The Kier molecular flexibility index (Phi) is 5.91. The Balaban J connectivity index is 1.63. The third-order valence-corrected chi connectivity index (χ3v) is 7.15. The van der Waals surface area contributed by atoms with Gasteiger partial charge >= 0.3 is 0 Å². The van der Waals surface area contributed by atoms with Crippen LogP contribution in [0.15, 0.2) is 24.3 Å². The van der Waals surface area contributed by atoms with E-state index < -0.39 is 9.84 Å². The van der Waals surface area contributed by atoms with Gasteiger partial charge in [-0.3, -0.25) is 4.68 Å². The molecule has 1 atom stereocenters. The molecule has 7 heteroatoms. The number of ether oxygens (including phenoxy) is 1. The minimum atomic E-state index is -2.91. The van der Waals surface area contributed by atoms with E-state index in [1.165, 1.54) is 11.1 Å². The highest BCUT2D eigenvalue weighted by Gasteiger charge is 2.31. The topological polar surface area (TPSA) is 64.4 Å². The lowest BCUT2D eigenvalue weighted by Gasteiger charge is -2.18. The Hall–Kier alpha value is -1.86. The molecular weight excluding hydrogens is 362 g/mol. The van der Waals surface area contributed by atoms with E-state index in [-0.39, 0.29) is 17.5 Å². The molecule has 6 nitrogen and oxygen atoms in total. The first-order chi connectivity index (χ1) is 12.8. The maximum atomic E-state index is 11.8. The molecule has 1 aromatic heterocycles. The van der Waals surface area contributed by atoms with Gasteiger partial charge in [-0.05, 0) is 51.4 Å². The van der Waals surface area contributed by atoms with E-state index >= 15 is 0 Å². The average molecular weight is 392 g/mol. The Labute approximate surface area is 162 Å². The number of aromatic nitrogens is 2. The van der Waals surface area contributed by atoms with Gasteiger partial charge in [0, 0.05) is 24.3 Å². The van der Waals surface area contributed by atoms with Crippen molar-refractivity contribution in [3.8, 4) is 5.75 Å². The summed E-state index contributed by atoms with van der Waals surface area (Å²) in [4.78, 5) is 2.29. The maximum Gasteiger partial charge on any atom is 0.152 e. The third kappa shape index (κ3) is 4.71. The van der Waals surface area contributed by atoms with E-state index in [4.69, 9.17) is 4.74 Å². The highest BCUT2D eigenvalue weighted by atomic mass is 32.2. The van der Waals surface area contributed by atoms with Gasteiger partial charge in [0.25, 0.3) is 0 Å². The fourth-order valence-electron chi connectivity index (χ4n) is 3.71. The lowest BCUT2D eigenvalue weighted by molar-refractivity contribution is 0.329. The highest BCUT2D eigenvalue weighted by molar-refractivity contribution is 7.91. The van der Waals surface area contributed by atoms with Crippen molar-refractivity contribution in [3.05, 3.63) is 46.8 Å². The summed E-state index contributed by atoms with van der Waals surface area (Å²) in [6.07, 6.45) is 1.63. The third-order valence-electron chi connectivity index (χ3n) is 5.40. The molecule has 0 bridgehead atoms. The molecule has 0 N–H and O–H groups in total. The fraction of sp³-hybridized carbons (Fsp3) is 0.550. The van der Waals surface area contributed by atoms with Gasteiger partial charge < -0.3 is 9.64 Å². The van der Waals surface area contributed by atoms with Crippen LogP contribution in [-0.4, -0.2) is 55.3 Å². The van der Waals surface area contributed by atoms with E-state index in [1.54, 1.807) is 7.11 Å². The van der Waals surface area contributed by atoms with Crippen LogP contribution in [-0.2, 0) is 22.8 Å². The number of hydrogen-bond donors (Lipinski definition) is 0. The minimum Gasteiger partial charge on any atom is -0.497 e. The molecule has 27 heavy (non-hydrogen) atoms. The lowest BCUT2D eigenvalue weighted by Crippen LogP contribution is -2.21. The van der Waals surface area contributed by atoms with Gasteiger partial charge in [-0.1, -0.05) is 12.1 Å². The summed E-state index contributed by atoms with van der Waals surface area (Å²) in [7, 11) is 0.875. The summed E-state index contributed by atoms with van der Waals surface area (Å²) in [5.74, 6) is 1.36. The zero-order valence-corrected chi connectivity index (χ0v) is 17.4. The molecule has 1 fully saturated rings. The molecule has 0 amide bonds. The van der Waals surface area contributed by atoms with E-state index in [2.05, 4.69) is 36.1 Å². The monoisotopic (exact) mass is 391 g/mol. The second-order valence-corrected chi connectivity index (χ2v) is 9.72. The highest BCUT2D eigenvalue weighted by Crippen LogP contribution is 2.27. The maximum absolute atomic E-state index is 11.8. The Morgan fingerprint density at radius 3 is 2.56 bits per heavy atom. The van der Waals surface area contributed by atoms with Crippen LogP contribution in [0.3, 0.4) is 0 Å². The first-order valence-electron chi connectivity index (χ1n) is 9.35. The van der Waals surface area contributed by atoms with Crippen LogP contribution in [0.25, 0.3) is 0 Å². The largest absolute Gasteiger partial charge is 0.497 e. The van der Waals surface area contributed by atoms with Crippen molar-refractivity contribution < 1.29 is 13.2 Å². The molecule has 0 unspecified atom stereocenters. The SMILES string of the molecule is COc1ccc(CCN(C)Cc2c(C)nn([C@H]3CCS(=O)(=O)C3)c2C)cc1. The van der Waals surface area contributed by atoms with Crippen molar-refractivity contribution in [2.24, 2.45) is 0 Å². The predicted octanol–water partition coefficient (Wildman–Crippen LogP) is 2.54. The number of likely N-dealkylation sites (N-methyl/N-ethyl adjacent to an activating group) is 1. The van der Waals surface area contributed by atoms with Crippen LogP contribution >= 0.6 is 0 Å². The van der Waals surface area contributed by atoms with E-state index in [0.29, 0.717) is 6.42 Å². The molecule has 2 aromatic rings. The van der Waals surface area contributed by atoms with Gasteiger partial charge in [0.2, 0.25) is 0 Å². The molecular formula is C20H29N3O3S. The molecule has 1 saturated heterocycles. The van der Waals surface area contributed by atoms with Gasteiger partial charge in [-0.15, -0.1) is 0 Å². The zero-order valence-electron chi connectivity index (χ0n) is 16.6. The van der Waals surface area contributed by atoms with Crippen LogP contribution in [0.2, 0.25) is 0 Å². The van der Waals surface area contributed by atoms with Crippen LogP contribution < -0.4 is 4.74 Å². The van der Waals surface area contributed by atoms with Crippen LogP contribution in [0.1, 0.15) is 35.0 Å². The second-order valence-electron chi connectivity index (χ2n) is 7.49. The summed E-state index contributed by atoms with van der Waals surface area (Å²) in [6, 6.07) is 8.16. The first-order valence-corrected chi connectivity index (χ1v) is 11.2. The summed E-state index contributed by atoms with van der Waals surface area (Å²) in [5, 5.41) is 4.66. The molecule has 1 aliphatic rings.